The topological polar surface area (TPSA) is 18.5 Å². The standard InChI is InChI=1S/C12H16O2S/c1-2-4-12(5-3-1)15-9-8-14-11-6-7-13-10-11/h1-5,11H,6-10H2. The molecule has 1 saturated heterocycles. The average Bonchev–Trinajstić information content (AvgIpc) is 2.79. The number of rotatable bonds is 5. The SMILES string of the molecule is c1ccc(SCCOC2CCOC2)cc1. The molecule has 0 aromatic heterocycles. The van der Waals surface area contributed by atoms with Gasteiger partial charge in [0.05, 0.1) is 19.3 Å². The van der Waals surface area contributed by atoms with Gasteiger partial charge in [-0.2, -0.15) is 0 Å². The van der Waals surface area contributed by atoms with Gasteiger partial charge in [-0.05, 0) is 18.6 Å². The Labute approximate surface area is 95.0 Å². The van der Waals surface area contributed by atoms with E-state index in [0.29, 0.717) is 6.10 Å². The van der Waals surface area contributed by atoms with Gasteiger partial charge in [-0.1, -0.05) is 18.2 Å². The maximum absolute atomic E-state index is 5.68. The summed E-state index contributed by atoms with van der Waals surface area (Å²) in [5.74, 6) is 1.01. The molecule has 2 nitrogen and oxygen atoms in total. The monoisotopic (exact) mass is 224 g/mol. The Bertz CT molecular complexity index is 270. The fourth-order valence-corrected chi connectivity index (χ4v) is 2.30. The largest absolute Gasteiger partial charge is 0.379 e. The third-order valence-corrected chi connectivity index (χ3v) is 3.31. The Hall–Kier alpha value is -0.510. The number of benzene rings is 1. The minimum absolute atomic E-state index is 0.335. The van der Waals surface area contributed by atoms with Crippen LogP contribution in [0.3, 0.4) is 0 Å². The van der Waals surface area contributed by atoms with E-state index in [0.717, 1.165) is 32.0 Å². The van der Waals surface area contributed by atoms with Gasteiger partial charge in [0.15, 0.2) is 0 Å². The summed E-state index contributed by atoms with van der Waals surface area (Å²) in [6.45, 7) is 2.44. The molecule has 0 spiro atoms. The Morgan fingerprint density at radius 2 is 2.20 bits per heavy atom. The summed E-state index contributed by atoms with van der Waals surface area (Å²) in [6.07, 6.45) is 1.39. The zero-order chi connectivity index (χ0) is 10.3. The van der Waals surface area contributed by atoms with Gasteiger partial charge in [0.25, 0.3) is 0 Å². The maximum Gasteiger partial charge on any atom is 0.0830 e. The lowest BCUT2D eigenvalue weighted by molar-refractivity contribution is 0.0525. The molecule has 0 radical (unpaired) electrons. The van der Waals surface area contributed by atoms with Crippen molar-refractivity contribution in [2.24, 2.45) is 0 Å². The van der Waals surface area contributed by atoms with Crippen LogP contribution in [0.4, 0.5) is 0 Å². The third-order valence-electron chi connectivity index (χ3n) is 2.34. The zero-order valence-electron chi connectivity index (χ0n) is 8.72. The van der Waals surface area contributed by atoms with Crippen molar-refractivity contribution in [1.82, 2.24) is 0 Å². The molecular formula is C12H16O2S. The molecular weight excluding hydrogens is 208 g/mol. The van der Waals surface area contributed by atoms with Crippen molar-refractivity contribution >= 4 is 11.8 Å². The lowest BCUT2D eigenvalue weighted by Crippen LogP contribution is -2.13. The van der Waals surface area contributed by atoms with Crippen molar-refractivity contribution in [3.8, 4) is 0 Å². The summed E-state index contributed by atoms with van der Waals surface area (Å²) in [7, 11) is 0. The van der Waals surface area contributed by atoms with Gasteiger partial charge < -0.3 is 9.47 Å². The predicted molar refractivity (Wildman–Crippen MR) is 62.3 cm³/mol. The Balaban J connectivity index is 1.59. The van der Waals surface area contributed by atoms with Crippen molar-refractivity contribution in [2.45, 2.75) is 17.4 Å². The number of thioether (sulfide) groups is 1. The van der Waals surface area contributed by atoms with Gasteiger partial charge in [0, 0.05) is 17.3 Å². The molecule has 3 heteroatoms. The predicted octanol–water partition coefficient (Wildman–Crippen LogP) is 2.58. The van der Waals surface area contributed by atoms with Gasteiger partial charge in [-0.15, -0.1) is 11.8 Å². The lowest BCUT2D eigenvalue weighted by atomic mass is 10.3. The van der Waals surface area contributed by atoms with Crippen molar-refractivity contribution in [3.63, 3.8) is 0 Å². The molecule has 1 aliphatic rings. The molecule has 0 bridgehead atoms. The van der Waals surface area contributed by atoms with Crippen LogP contribution in [0.5, 0.6) is 0 Å². The molecule has 1 aromatic carbocycles. The Morgan fingerprint density at radius 3 is 2.93 bits per heavy atom. The highest BCUT2D eigenvalue weighted by molar-refractivity contribution is 7.99. The Morgan fingerprint density at radius 1 is 1.33 bits per heavy atom. The number of hydrogen-bond acceptors (Lipinski definition) is 3. The smallest absolute Gasteiger partial charge is 0.0830 e. The first kappa shape index (κ1) is 11.0. The molecule has 15 heavy (non-hydrogen) atoms. The van der Waals surface area contributed by atoms with E-state index in [2.05, 4.69) is 24.3 Å². The van der Waals surface area contributed by atoms with Gasteiger partial charge >= 0.3 is 0 Å². The molecule has 1 heterocycles. The van der Waals surface area contributed by atoms with Crippen LogP contribution >= 0.6 is 11.8 Å². The van der Waals surface area contributed by atoms with Crippen LogP contribution in [0, 0.1) is 0 Å². The van der Waals surface area contributed by atoms with Crippen LogP contribution in [0.2, 0.25) is 0 Å². The summed E-state index contributed by atoms with van der Waals surface area (Å²) in [5, 5.41) is 0. The van der Waals surface area contributed by atoms with Crippen LogP contribution in [-0.4, -0.2) is 31.7 Å². The summed E-state index contributed by atoms with van der Waals surface area (Å²) in [6, 6.07) is 10.4. The molecule has 0 aliphatic carbocycles. The molecule has 0 N–H and O–H groups in total. The molecule has 2 rings (SSSR count). The average molecular weight is 224 g/mol. The summed E-state index contributed by atoms with van der Waals surface area (Å²) >= 11 is 1.84. The second-order valence-electron chi connectivity index (χ2n) is 3.52. The van der Waals surface area contributed by atoms with E-state index < -0.39 is 0 Å². The van der Waals surface area contributed by atoms with Crippen LogP contribution in [-0.2, 0) is 9.47 Å². The van der Waals surface area contributed by atoms with Crippen LogP contribution in [0.15, 0.2) is 35.2 Å². The molecule has 1 unspecified atom stereocenters. The van der Waals surface area contributed by atoms with E-state index >= 15 is 0 Å². The minimum atomic E-state index is 0.335. The van der Waals surface area contributed by atoms with E-state index in [4.69, 9.17) is 9.47 Å². The third kappa shape index (κ3) is 3.86. The highest BCUT2D eigenvalue weighted by Gasteiger charge is 2.15. The van der Waals surface area contributed by atoms with Crippen molar-refractivity contribution in [2.75, 3.05) is 25.6 Å². The minimum Gasteiger partial charge on any atom is -0.379 e. The molecule has 1 fully saturated rings. The van der Waals surface area contributed by atoms with E-state index in [1.165, 1.54) is 4.90 Å². The molecule has 0 saturated carbocycles. The molecule has 1 aliphatic heterocycles. The summed E-state index contributed by atoms with van der Waals surface area (Å²) < 4.78 is 10.9. The van der Waals surface area contributed by atoms with Crippen LogP contribution < -0.4 is 0 Å². The van der Waals surface area contributed by atoms with Crippen LogP contribution in [0.1, 0.15) is 6.42 Å². The van der Waals surface area contributed by atoms with Crippen molar-refractivity contribution in [3.05, 3.63) is 30.3 Å². The molecule has 0 amide bonds. The lowest BCUT2D eigenvalue weighted by Gasteiger charge is -2.08. The van der Waals surface area contributed by atoms with Gasteiger partial charge in [0.2, 0.25) is 0 Å². The number of hydrogen-bond donors (Lipinski definition) is 0. The molecule has 1 aromatic rings. The first-order valence-electron chi connectivity index (χ1n) is 5.32. The second kappa shape index (κ2) is 6.16. The van der Waals surface area contributed by atoms with Gasteiger partial charge in [-0.25, -0.2) is 0 Å². The van der Waals surface area contributed by atoms with Crippen molar-refractivity contribution in [1.29, 1.82) is 0 Å². The van der Waals surface area contributed by atoms with E-state index in [1.54, 1.807) is 0 Å². The second-order valence-corrected chi connectivity index (χ2v) is 4.69. The maximum atomic E-state index is 5.68. The summed E-state index contributed by atoms with van der Waals surface area (Å²) in [5.41, 5.74) is 0. The quantitative estimate of drug-likeness (QED) is 0.566. The van der Waals surface area contributed by atoms with Crippen LogP contribution in [0.25, 0.3) is 0 Å². The fraction of sp³-hybridized carbons (Fsp3) is 0.500. The van der Waals surface area contributed by atoms with E-state index in [1.807, 2.05) is 17.8 Å². The first-order chi connectivity index (χ1) is 7.45. The highest BCUT2D eigenvalue weighted by Crippen LogP contribution is 2.17. The van der Waals surface area contributed by atoms with Gasteiger partial charge in [0.1, 0.15) is 0 Å². The normalized spacial score (nSPS) is 20.7. The van der Waals surface area contributed by atoms with E-state index in [-0.39, 0.29) is 0 Å². The Kier molecular flexibility index (Phi) is 4.51. The summed E-state index contributed by atoms with van der Waals surface area (Å²) in [4.78, 5) is 1.31. The zero-order valence-corrected chi connectivity index (χ0v) is 9.54. The highest BCUT2D eigenvalue weighted by atomic mass is 32.2. The first-order valence-corrected chi connectivity index (χ1v) is 6.31. The van der Waals surface area contributed by atoms with E-state index in [9.17, 15) is 0 Å². The molecule has 82 valence electrons. The van der Waals surface area contributed by atoms with Gasteiger partial charge in [-0.3, -0.25) is 0 Å². The molecule has 1 atom stereocenters. The van der Waals surface area contributed by atoms with Crippen molar-refractivity contribution < 1.29 is 9.47 Å². The fourth-order valence-electron chi connectivity index (χ4n) is 1.54. The number of ether oxygens (including phenoxy) is 2.